The zero-order chi connectivity index (χ0) is 10.7. The Hall–Kier alpha value is -0.820. The maximum absolute atomic E-state index is 2.45. The number of hydrogen-bond acceptors (Lipinski definition) is 1. The molecule has 1 atom stereocenters. The van der Waals surface area contributed by atoms with Gasteiger partial charge in [-0.2, -0.15) is 0 Å². The van der Waals surface area contributed by atoms with Gasteiger partial charge >= 0.3 is 0 Å². The summed E-state index contributed by atoms with van der Waals surface area (Å²) >= 11 is 0. The van der Waals surface area contributed by atoms with Gasteiger partial charge in [-0.1, -0.05) is 37.3 Å². The molecule has 0 aromatic heterocycles. The van der Waals surface area contributed by atoms with Crippen LogP contribution >= 0.6 is 0 Å². The monoisotopic (exact) mass is 203 g/mol. The summed E-state index contributed by atoms with van der Waals surface area (Å²) in [4.78, 5) is 2.45. The third-order valence-electron chi connectivity index (χ3n) is 3.78. The molecule has 0 radical (unpaired) electrons. The van der Waals surface area contributed by atoms with Gasteiger partial charge in [0.15, 0.2) is 0 Å². The van der Waals surface area contributed by atoms with Crippen molar-refractivity contribution in [3.05, 3.63) is 35.9 Å². The molecule has 1 saturated heterocycles. The van der Waals surface area contributed by atoms with Crippen molar-refractivity contribution in [1.29, 1.82) is 0 Å². The first-order valence-electron chi connectivity index (χ1n) is 5.95. The van der Waals surface area contributed by atoms with E-state index in [0.29, 0.717) is 5.41 Å². The molecule has 1 nitrogen and oxygen atoms in total. The van der Waals surface area contributed by atoms with E-state index >= 15 is 0 Å². The molecule has 0 N–H and O–H groups in total. The zero-order valence-electron chi connectivity index (χ0n) is 9.87. The number of likely N-dealkylation sites (tertiary alicyclic amines) is 1. The molecule has 1 heteroatoms. The number of rotatable bonds is 1. The average Bonchev–Trinajstić information content (AvgIpc) is 2.44. The average molecular weight is 203 g/mol. The lowest BCUT2D eigenvalue weighted by Gasteiger charge is -2.28. The molecule has 1 aromatic carbocycles. The van der Waals surface area contributed by atoms with E-state index in [1.54, 1.807) is 0 Å². The largest absolute Gasteiger partial charge is 0.306 e. The Balaban J connectivity index is 2.19. The van der Waals surface area contributed by atoms with Crippen LogP contribution in [0.5, 0.6) is 0 Å². The Kier molecular flexibility index (Phi) is 3.11. The van der Waals surface area contributed by atoms with Gasteiger partial charge in [-0.05, 0) is 50.4 Å². The minimum atomic E-state index is 0.395. The highest BCUT2D eigenvalue weighted by molar-refractivity contribution is 5.24. The normalized spacial score (nSPS) is 28.7. The van der Waals surface area contributed by atoms with Gasteiger partial charge < -0.3 is 4.90 Å². The summed E-state index contributed by atoms with van der Waals surface area (Å²) in [5.74, 6) is 0. The first-order valence-corrected chi connectivity index (χ1v) is 5.95. The van der Waals surface area contributed by atoms with Crippen LogP contribution < -0.4 is 0 Å². The highest BCUT2D eigenvalue weighted by atomic mass is 15.1. The fourth-order valence-electron chi connectivity index (χ4n) is 2.54. The van der Waals surface area contributed by atoms with Gasteiger partial charge in [-0.25, -0.2) is 0 Å². The van der Waals surface area contributed by atoms with Gasteiger partial charge in [0.1, 0.15) is 0 Å². The first kappa shape index (κ1) is 10.7. The van der Waals surface area contributed by atoms with Crippen LogP contribution in [0.2, 0.25) is 0 Å². The molecular weight excluding hydrogens is 182 g/mol. The molecule has 0 aliphatic carbocycles. The van der Waals surface area contributed by atoms with E-state index in [9.17, 15) is 0 Å². The summed E-state index contributed by atoms with van der Waals surface area (Å²) in [6, 6.07) is 11.0. The number of benzene rings is 1. The van der Waals surface area contributed by atoms with Crippen molar-refractivity contribution in [3.63, 3.8) is 0 Å². The number of hydrogen-bond donors (Lipinski definition) is 0. The minimum absolute atomic E-state index is 0.395. The molecule has 2 rings (SSSR count). The van der Waals surface area contributed by atoms with E-state index in [-0.39, 0.29) is 0 Å². The van der Waals surface area contributed by atoms with Crippen molar-refractivity contribution in [2.75, 3.05) is 20.1 Å². The van der Waals surface area contributed by atoms with Crippen molar-refractivity contribution < 1.29 is 0 Å². The van der Waals surface area contributed by atoms with Gasteiger partial charge in [0.25, 0.3) is 0 Å². The predicted molar refractivity (Wildman–Crippen MR) is 65.1 cm³/mol. The Morgan fingerprint density at radius 3 is 2.53 bits per heavy atom. The maximum atomic E-state index is 2.45. The van der Waals surface area contributed by atoms with Crippen LogP contribution in [0.3, 0.4) is 0 Å². The molecule has 1 aromatic rings. The quantitative estimate of drug-likeness (QED) is 0.678. The van der Waals surface area contributed by atoms with E-state index in [4.69, 9.17) is 0 Å². The van der Waals surface area contributed by atoms with Crippen LogP contribution in [0.4, 0.5) is 0 Å². The third kappa shape index (κ3) is 2.40. The molecule has 0 saturated carbocycles. The van der Waals surface area contributed by atoms with Gasteiger partial charge in [0.2, 0.25) is 0 Å². The summed E-state index contributed by atoms with van der Waals surface area (Å²) in [6.45, 7) is 4.90. The van der Waals surface area contributed by atoms with Crippen molar-refractivity contribution in [1.82, 2.24) is 4.90 Å². The van der Waals surface area contributed by atoms with Crippen LogP contribution in [0.15, 0.2) is 30.3 Å². The Labute approximate surface area is 93.1 Å². The minimum Gasteiger partial charge on any atom is -0.306 e. The van der Waals surface area contributed by atoms with E-state index in [1.807, 2.05) is 0 Å². The highest BCUT2D eigenvalue weighted by Crippen LogP contribution is 2.34. The standard InChI is InChI=1S/C14H21N/c1-14(13-7-4-3-5-8-13)9-6-11-15(2)12-10-14/h3-5,7-8H,6,9-12H2,1-2H3. The van der Waals surface area contributed by atoms with Crippen LogP contribution in [-0.4, -0.2) is 25.0 Å². The molecule has 0 bridgehead atoms. The molecule has 1 aliphatic heterocycles. The first-order chi connectivity index (χ1) is 7.21. The second-order valence-electron chi connectivity index (χ2n) is 5.08. The van der Waals surface area contributed by atoms with Gasteiger partial charge in [0.05, 0.1) is 0 Å². The second-order valence-corrected chi connectivity index (χ2v) is 5.08. The Bertz CT molecular complexity index is 306. The van der Waals surface area contributed by atoms with Gasteiger partial charge in [-0.3, -0.25) is 0 Å². The number of nitrogens with zero attached hydrogens (tertiary/aromatic N) is 1. The molecule has 0 spiro atoms. The van der Waals surface area contributed by atoms with Crippen LogP contribution in [0.1, 0.15) is 31.7 Å². The topological polar surface area (TPSA) is 3.24 Å². The summed E-state index contributed by atoms with van der Waals surface area (Å²) in [5.41, 5.74) is 1.91. The molecule has 1 heterocycles. The van der Waals surface area contributed by atoms with Gasteiger partial charge in [0, 0.05) is 0 Å². The highest BCUT2D eigenvalue weighted by Gasteiger charge is 2.28. The van der Waals surface area contributed by atoms with Crippen molar-refractivity contribution in [3.8, 4) is 0 Å². The molecule has 82 valence electrons. The molecule has 1 aliphatic rings. The van der Waals surface area contributed by atoms with Crippen molar-refractivity contribution in [2.24, 2.45) is 0 Å². The van der Waals surface area contributed by atoms with Crippen LogP contribution in [0, 0.1) is 0 Å². The lowest BCUT2D eigenvalue weighted by Crippen LogP contribution is -2.24. The Morgan fingerprint density at radius 2 is 1.80 bits per heavy atom. The summed E-state index contributed by atoms with van der Waals surface area (Å²) in [5, 5.41) is 0. The fraction of sp³-hybridized carbons (Fsp3) is 0.571. The molecular formula is C14H21N. The molecule has 1 fully saturated rings. The van der Waals surface area contributed by atoms with Crippen molar-refractivity contribution in [2.45, 2.75) is 31.6 Å². The summed E-state index contributed by atoms with van der Waals surface area (Å²) in [6.07, 6.45) is 3.93. The van der Waals surface area contributed by atoms with Crippen LogP contribution in [-0.2, 0) is 5.41 Å². The summed E-state index contributed by atoms with van der Waals surface area (Å²) in [7, 11) is 2.23. The van der Waals surface area contributed by atoms with E-state index in [0.717, 1.165) is 0 Å². The second kappa shape index (κ2) is 4.36. The smallest absolute Gasteiger partial charge is 0.00134 e. The fourth-order valence-corrected chi connectivity index (χ4v) is 2.54. The Morgan fingerprint density at radius 1 is 1.07 bits per heavy atom. The zero-order valence-corrected chi connectivity index (χ0v) is 9.87. The molecule has 15 heavy (non-hydrogen) atoms. The van der Waals surface area contributed by atoms with E-state index < -0.39 is 0 Å². The predicted octanol–water partition coefficient (Wildman–Crippen LogP) is 3.06. The van der Waals surface area contributed by atoms with E-state index in [2.05, 4.69) is 49.2 Å². The molecule has 1 unspecified atom stereocenters. The van der Waals surface area contributed by atoms with Crippen LogP contribution in [0.25, 0.3) is 0 Å². The van der Waals surface area contributed by atoms with Crippen molar-refractivity contribution >= 4 is 0 Å². The van der Waals surface area contributed by atoms with E-state index in [1.165, 1.54) is 37.9 Å². The third-order valence-corrected chi connectivity index (χ3v) is 3.78. The SMILES string of the molecule is CN1CCCC(C)(c2ccccc2)CC1. The van der Waals surface area contributed by atoms with Gasteiger partial charge in [-0.15, -0.1) is 0 Å². The molecule has 0 amide bonds. The maximum Gasteiger partial charge on any atom is -0.00134 e. The lowest BCUT2D eigenvalue weighted by molar-refractivity contribution is 0.335. The lowest BCUT2D eigenvalue weighted by atomic mass is 9.76. The summed E-state index contributed by atoms with van der Waals surface area (Å²) < 4.78 is 0.